The molecule has 12 nitrogen and oxygen atoms in total. The number of rotatable bonds is 17. The quantitative estimate of drug-likeness (QED) is 0.0960. The molecule has 0 aliphatic heterocycles. The molecule has 0 rings (SSSR count). The van der Waals surface area contributed by atoms with Crippen molar-refractivity contribution in [2.75, 3.05) is 13.2 Å². The summed E-state index contributed by atoms with van der Waals surface area (Å²) in [6.07, 6.45) is 0.671. The van der Waals surface area contributed by atoms with Crippen molar-refractivity contribution in [3.05, 3.63) is 50.6 Å². The van der Waals surface area contributed by atoms with E-state index in [0.717, 1.165) is 24.3 Å². The van der Waals surface area contributed by atoms with Crippen LogP contribution in [0.25, 0.3) is 0 Å². The zero-order chi connectivity index (χ0) is 25.9. The topological polar surface area (TPSA) is 158 Å². The lowest BCUT2D eigenvalue weighted by Gasteiger charge is -2.17. The standard InChI is InChI=1S/C22H26O12/c1-5-15(23)31-21(32-16(24)6-2)13-29-19(27)11-9-10-12-20(28)30-14-22(33-17(25)7-3)34-18(26)8-4/h5-8,21-22H,1-4,9-14H2. The van der Waals surface area contributed by atoms with E-state index in [1.807, 2.05) is 0 Å². The number of hydrogen-bond donors (Lipinski definition) is 0. The molecule has 0 aromatic carbocycles. The fraction of sp³-hybridized carbons (Fsp3) is 0.364. The lowest BCUT2D eigenvalue weighted by molar-refractivity contribution is -0.194. The average Bonchev–Trinajstić information content (AvgIpc) is 2.82. The summed E-state index contributed by atoms with van der Waals surface area (Å²) in [6.45, 7) is 11.7. The summed E-state index contributed by atoms with van der Waals surface area (Å²) in [6, 6.07) is 0. The Bertz CT molecular complexity index is 688. The Morgan fingerprint density at radius 1 is 0.529 bits per heavy atom. The summed E-state index contributed by atoms with van der Waals surface area (Å²) < 4.78 is 28.7. The van der Waals surface area contributed by atoms with Gasteiger partial charge in [-0.1, -0.05) is 26.3 Å². The Labute approximate surface area is 195 Å². The van der Waals surface area contributed by atoms with Crippen molar-refractivity contribution in [1.29, 1.82) is 0 Å². The molecule has 12 heteroatoms. The first-order valence-electron chi connectivity index (χ1n) is 9.78. The normalized spacial score (nSPS) is 9.82. The summed E-state index contributed by atoms with van der Waals surface area (Å²) in [5, 5.41) is 0. The van der Waals surface area contributed by atoms with E-state index in [-0.39, 0.29) is 25.7 Å². The van der Waals surface area contributed by atoms with Crippen LogP contribution in [0.15, 0.2) is 50.6 Å². The van der Waals surface area contributed by atoms with Crippen LogP contribution in [-0.4, -0.2) is 61.6 Å². The van der Waals surface area contributed by atoms with E-state index in [0.29, 0.717) is 0 Å². The minimum absolute atomic E-state index is 0.0959. The Morgan fingerprint density at radius 2 is 0.794 bits per heavy atom. The third kappa shape index (κ3) is 14.7. The molecule has 34 heavy (non-hydrogen) atoms. The van der Waals surface area contributed by atoms with Gasteiger partial charge in [0.1, 0.15) is 0 Å². The maximum Gasteiger partial charge on any atom is 0.333 e. The highest BCUT2D eigenvalue weighted by atomic mass is 16.7. The fourth-order valence-corrected chi connectivity index (χ4v) is 1.90. The van der Waals surface area contributed by atoms with Gasteiger partial charge in [0.25, 0.3) is 12.6 Å². The van der Waals surface area contributed by atoms with Gasteiger partial charge in [-0.05, 0) is 12.8 Å². The van der Waals surface area contributed by atoms with E-state index >= 15 is 0 Å². The molecular formula is C22H26O12. The van der Waals surface area contributed by atoms with Crippen molar-refractivity contribution in [1.82, 2.24) is 0 Å². The van der Waals surface area contributed by atoms with E-state index < -0.39 is 61.6 Å². The van der Waals surface area contributed by atoms with Crippen LogP contribution in [0.4, 0.5) is 0 Å². The van der Waals surface area contributed by atoms with Crippen LogP contribution in [0.5, 0.6) is 0 Å². The molecule has 186 valence electrons. The molecule has 0 saturated carbocycles. The molecule has 0 N–H and O–H groups in total. The van der Waals surface area contributed by atoms with Crippen LogP contribution in [0.3, 0.4) is 0 Å². The molecule has 0 radical (unpaired) electrons. The summed E-state index contributed by atoms with van der Waals surface area (Å²) in [7, 11) is 0. The number of ether oxygens (including phenoxy) is 6. The molecule has 0 spiro atoms. The van der Waals surface area contributed by atoms with Gasteiger partial charge in [-0.3, -0.25) is 9.59 Å². The average molecular weight is 482 g/mol. The van der Waals surface area contributed by atoms with Gasteiger partial charge in [-0.25, -0.2) is 19.2 Å². The summed E-state index contributed by atoms with van der Waals surface area (Å²) >= 11 is 0. The highest BCUT2D eigenvalue weighted by molar-refractivity contribution is 5.83. The third-order valence-electron chi connectivity index (χ3n) is 3.43. The number of esters is 6. The van der Waals surface area contributed by atoms with E-state index in [2.05, 4.69) is 26.3 Å². The van der Waals surface area contributed by atoms with Crippen LogP contribution in [0.2, 0.25) is 0 Å². The van der Waals surface area contributed by atoms with Gasteiger partial charge in [-0.2, -0.15) is 0 Å². The second-order valence-corrected chi connectivity index (χ2v) is 6.00. The maximum atomic E-state index is 11.8. The first-order chi connectivity index (χ1) is 16.1. The molecule has 0 bridgehead atoms. The van der Waals surface area contributed by atoms with E-state index in [4.69, 9.17) is 28.4 Å². The van der Waals surface area contributed by atoms with Gasteiger partial charge in [0.05, 0.1) is 0 Å². The number of carbonyl (C=O) groups excluding carboxylic acids is 6. The number of hydrogen-bond acceptors (Lipinski definition) is 12. The second-order valence-electron chi connectivity index (χ2n) is 6.00. The molecule has 0 aromatic rings. The summed E-state index contributed by atoms with van der Waals surface area (Å²) in [5.41, 5.74) is 0. The highest BCUT2D eigenvalue weighted by Crippen LogP contribution is 2.07. The lowest BCUT2D eigenvalue weighted by Crippen LogP contribution is -2.29. The molecule has 0 fully saturated rings. The van der Waals surface area contributed by atoms with Crippen LogP contribution in [0.1, 0.15) is 25.7 Å². The SMILES string of the molecule is C=CC(=O)OC(COC(=O)CCCCC(=O)OCC(OC(=O)C=C)OC(=O)C=C)OC(=O)C=C. The van der Waals surface area contributed by atoms with Gasteiger partial charge in [0.15, 0.2) is 13.2 Å². The van der Waals surface area contributed by atoms with Gasteiger partial charge < -0.3 is 28.4 Å². The molecule has 0 heterocycles. The minimum Gasteiger partial charge on any atom is -0.458 e. The van der Waals surface area contributed by atoms with Crippen LogP contribution in [-0.2, 0) is 57.2 Å². The first-order valence-corrected chi connectivity index (χ1v) is 9.78. The molecule has 0 saturated heterocycles. The Hall–Kier alpha value is -4.22. The van der Waals surface area contributed by atoms with E-state index in [9.17, 15) is 28.8 Å². The van der Waals surface area contributed by atoms with Gasteiger partial charge in [0.2, 0.25) is 0 Å². The van der Waals surface area contributed by atoms with Crippen LogP contribution >= 0.6 is 0 Å². The van der Waals surface area contributed by atoms with Crippen molar-refractivity contribution in [2.45, 2.75) is 38.3 Å². The summed E-state index contributed by atoms with van der Waals surface area (Å²) in [4.78, 5) is 68.6. The predicted octanol–water partition coefficient (Wildman–Crippen LogP) is 1.20. The molecule has 0 unspecified atom stereocenters. The summed E-state index contributed by atoms with van der Waals surface area (Å²) in [5.74, 6) is -4.96. The largest absolute Gasteiger partial charge is 0.458 e. The zero-order valence-electron chi connectivity index (χ0n) is 18.4. The molecule has 0 aliphatic rings. The van der Waals surface area contributed by atoms with Crippen molar-refractivity contribution in [3.63, 3.8) is 0 Å². The smallest absolute Gasteiger partial charge is 0.333 e. The van der Waals surface area contributed by atoms with Crippen molar-refractivity contribution < 1.29 is 57.2 Å². The number of unbranched alkanes of at least 4 members (excludes halogenated alkanes) is 1. The molecular weight excluding hydrogens is 456 g/mol. The third-order valence-corrected chi connectivity index (χ3v) is 3.43. The van der Waals surface area contributed by atoms with Gasteiger partial charge in [0, 0.05) is 37.1 Å². The maximum absolute atomic E-state index is 11.8. The monoisotopic (exact) mass is 482 g/mol. The lowest BCUT2D eigenvalue weighted by atomic mass is 10.2. The zero-order valence-corrected chi connectivity index (χ0v) is 18.4. The molecule has 0 amide bonds. The Morgan fingerprint density at radius 3 is 1.03 bits per heavy atom. The molecule has 0 atom stereocenters. The van der Waals surface area contributed by atoms with E-state index in [1.54, 1.807) is 0 Å². The predicted molar refractivity (Wildman–Crippen MR) is 113 cm³/mol. The Balaban J connectivity index is 4.34. The minimum atomic E-state index is -1.48. The van der Waals surface area contributed by atoms with Crippen molar-refractivity contribution in [2.24, 2.45) is 0 Å². The van der Waals surface area contributed by atoms with Crippen molar-refractivity contribution in [3.8, 4) is 0 Å². The molecule has 0 aliphatic carbocycles. The van der Waals surface area contributed by atoms with Crippen molar-refractivity contribution >= 4 is 35.8 Å². The first kappa shape index (κ1) is 29.8. The van der Waals surface area contributed by atoms with Gasteiger partial charge in [-0.15, -0.1) is 0 Å². The Kier molecular flexibility index (Phi) is 15.2. The van der Waals surface area contributed by atoms with E-state index in [1.165, 1.54) is 0 Å². The van der Waals surface area contributed by atoms with Crippen LogP contribution in [0, 0.1) is 0 Å². The molecule has 0 aromatic heterocycles. The second kappa shape index (κ2) is 17.3. The van der Waals surface area contributed by atoms with Gasteiger partial charge >= 0.3 is 35.8 Å². The fourth-order valence-electron chi connectivity index (χ4n) is 1.90. The van der Waals surface area contributed by atoms with Crippen LogP contribution < -0.4 is 0 Å². The number of carbonyl (C=O) groups is 6. The highest BCUT2D eigenvalue weighted by Gasteiger charge is 2.20.